The predicted molar refractivity (Wildman–Crippen MR) is 198 cm³/mol. The molecule has 0 spiro atoms. The summed E-state index contributed by atoms with van der Waals surface area (Å²) in [4.78, 5) is 35.2. The predicted octanol–water partition coefficient (Wildman–Crippen LogP) is 10.6. The molecule has 0 saturated heterocycles. The molecule has 0 fully saturated rings. The van der Waals surface area contributed by atoms with E-state index < -0.39 is 0 Å². The minimum absolute atomic E-state index is 0.0261. The first kappa shape index (κ1) is 40.3. The number of pyridine rings is 2. The van der Waals surface area contributed by atoms with Crippen molar-refractivity contribution in [3.8, 4) is 11.4 Å². The van der Waals surface area contributed by atoms with E-state index in [4.69, 9.17) is 0 Å². The maximum atomic E-state index is 12.4. The van der Waals surface area contributed by atoms with Gasteiger partial charge in [0.05, 0.1) is 22.4 Å². The third-order valence-corrected chi connectivity index (χ3v) is 7.17. The molecule has 0 saturated carbocycles. The van der Waals surface area contributed by atoms with Crippen LogP contribution in [0.5, 0.6) is 0 Å². The van der Waals surface area contributed by atoms with Gasteiger partial charge in [0, 0.05) is 40.0 Å². The average molecular weight is 621 g/mol. The van der Waals surface area contributed by atoms with Crippen molar-refractivity contribution in [2.45, 2.75) is 110 Å². The molecule has 0 aliphatic heterocycles. The third-order valence-electron chi connectivity index (χ3n) is 6.40. The summed E-state index contributed by atoms with van der Waals surface area (Å²) in [6, 6.07) is 11.3. The Morgan fingerprint density at radius 1 is 0.682 bits per heavy atom. The summed E-state index contributed by atoms with van der Waals surface area (Å²) in [5.41, 5.74) is 9.10. The summed E-state index contributed by atoms with van der Waals surface area (Å²) >= 11 is 1.55. The van der Waals surface area contributed by atoms with Crippen molar-refractivity contribution in [1.29, 1.82) is 0 Å². The monoisotopic (exact) mass is 620 g/mol. The van der Waals surface area contributed by atoms with Crippen LogP contribution in [0.15, 0.2) is 51.4 Å². The van der Waals surface area contributed by atoms with Gasteiger partial charge >= 0.3 is 0 Å². The van der Waals surface area contributed by atoms with Crippen LogP contribution < -0.4 is 16.2 Å². The zero-order valence-corrected chi connectivity index (χ0v) is 30.6. The molecule has 3 heterocycles. The molecule has 7 heteroatoms. The standard InChI is InChI=1S/C17H19N3OS.C12H13NO.4C2H6/c1-9(2)18-17-20-14(8-22-17)13-7-15(21)12-6-5-10(3)11(4)16(12)19-13;1-7-4-5-10-11(14)6-8(2)13-12(10)9(7)3;4*1-2/h5-9H,1-4H3,(H,18,20)(H,19,21);4-6H,1-3H3,(H,13,14);4*1-2H3. The molecule has 242 valence electrons. The number of nitrogens with zero attached hydrogens (tertiary/aromatic N) is 1. The number of nitrogens with one attached hydrogen (secondary N) is 3. The molecule has 0 unspecified atom stereocenters. The van der Waals surface area contributed by atoms with Crippen LogP contribution in [0.1, 0.15) is 97.2 Å². The van der Waals surface area contributed by atoms with Gasteiger partial charge in [-0.15, -0.1) is 11.3 Å². The van der Waals surface area contributed by atoms with Crippen LogP contribution in [0.25, 0.3) is 33.2 Å². The van der Waals surface area contributed by atoms with Gasteiger partial charge in [-0.3, -0.25) is 9.59 Å². The second-order valence-electron chi connectivity index (χ2n) is 9.56. The largest absolute Gasteiger partial charge is 0.359 e. The molecule has 5 rings (SSSR count). The Bertz CT molecular complexity index is 1690. The van der Waals surface area contributed by atoms with Gasteiger partial charge in [-0.1, -0.05) is 67.5 Å². The van der Waals surface area contributed by atoms with Gasteiger partial charge in [-0.2, -0.15) is 0 Å². The van der Waals surface area contributed by atoms with E-state index in [0.717, 1.165) is 55.1 Å². The topological polar surface area (TPSA) is 90.6 Å². The Kier molecular flexibility index (Phi) is 18.6. The van der Waals surface area contributed by atoms with Crippen molar-refractivity contribution in [2.75, 3.05) is 5.32 Å². The smallest absolute Gasteiger partial charge is 0.190 e. The second-order valence-corrected chi connectivity index (χ2v) is 10.4. The van der Waals surface area contributed by atoms with Crippen LogP contribution in [-0.4, -0.2) is 21.0 Å². The summed E-state index contributed by atoms with van der Waals surface area (Å²) in [5.74, 6) is 0. The fourth-order valence-corrected chi connectivity index (χ4v) is 4.96. The van der Waals surface area contributed by atoms with E-state index >= 15 is 0 Å². The molecule has 0 radical (unpaired) electrons. The van der Waals surface area contributed by atoms with E-state index in [1.54, 1.807) is 23.5 Å². The minimum atomic E-state index is 0.0261. The molecule has 3 aromatic heterocycles. The first-order valence-corrected chi connectivity index (χ1v) is 16.9. The number of fused-ring (bicyclic) bond motifs is 2. The summed E-state index contributed by atoms with van der Waals surface area (Å²) < 4.78 is 0. The molecule has 0 amide bonds. The Morgan fingerprint density at radius 2 is 1.14 bits per heavy atom. The molecule has 3 N–H and O–H groups in total. The summed E-state index contributed by atoms with van der Waals surface area (Å²) in [6.07, 6.45) is 0. The van der Waals surface area contributed by atoms with Crippen molar-refractivity contribution in [3.05, 3.63) is 90.2 Å². The van der Waals surface area contributed by atoms with E-state index in [0.29, 0.717) is 6.04 Å². The number of thiazole rings is 1. The highest BCUT2D eigenvalue weighted by atomic mass is 32.1. The number of hydrogen-bond donors (Lipinski definition) is 3. The van der Waals surface area contributed by atoms with Crippen molar-refractivity contribution in [1.82, 2.24) is 15.0 Å². The van der Waals surface area contributed by atoms with E-state index in [2.05, 4.69) is 41.0 Å². The maximum Gasteiger partial charge on any atom is 0.190 e. The summed E-state index contributed by atoms with van der Waals surface area (Å²) in [7, 11) is 0. The Hall–Kier alpha value is -3.71. The highest BCUT2D eigenvalue weighted by molar-refractivity contribution is 7.14. The number of H-pyrrole nitrogens is 2. The molecule has 5 aromatic rings. The molecule has 6 nitrogen and oxygen atoms in total. The van der Waals surface area contributed by atoms with Crippen molar-refractivity contribution in [2.24, 2.45) is 0 Å². The molecule has 0 bridgehead atoms. The van der Waals surface area contributed by atoms with Crippen LogP contribution in [0.4, 0.5) is 5.13 Å². The summed E-state index contributed by atoms with van der Waals surface area (Å²) in [6.45, 7) is 30.2. The number of aromatic amines is 2. The maximum absolute atomic E-state index is 12.4. The van der Waals surface area contributed by atoms with Crippen LogP contribution in [0, 0.1) is 34.6 Å². The number of hydrogen-bond acceptors (Lipinski definition) is 5. The lowest BCUT2D eigenvalue weighted by Gasteiger charge is -2.08. The Morgan fingerprint density at radius 3 is 1.61 bits per heavy atom. The van der Waals surface area contributed by atoms with Gasteiger partial charge in [0.25, 0.3) is 0 Å². The van der Waals surface area contributed by atoms with E-state index in [-0.39, 0.29) is 10.9 Å². The Balaban J connectivity index is 0.000000725. The summed E-state index contributed by atoms with van der Waals surface area (Å²) in [5, 5.41) is 7.62. The fourth-order valence-electron chi connectivity index (χ4n) is 4.10. The van der Waals surface area contributed by atoms with Gasteiger partial charge < -0.3 is 15.3 Å². The Labute approximate surface area is 269 Å². The lowest BCUT2D eigenvalue weighted by molar-refractivity contribution is 0.896. The lowest BCUT2D eigenvalue weighted by Crippen LogP contribution is -2.09. The minimum Gasteiger partial charge on any atom is -0.359 e. The van der Waals surface area contributed by atoms with E-state index in [1.165, 1.54) is 11.1 Å². The molecular weight excluding hydrogens is 565 g/mol. The van der Waals surface area contributed by atoms with Gasteiger partial charge in [0.1, 0.15) is 0 Å². The molecule has 44 heavy (non-hydrogen) atoms. The number of aromatic nitrogens is 3. The zero-order chi connectivity index (χ0) is 34.1. The van der Waals surface area contributed by atoms with Crippen molar-refractivity contribution < 1.29 is 0 Å². The van der Waals surface area contributed by atoms with Crippen LogP contribution >= 0.6 is 11.3 Å². The molecule has 0 atom stereocenters. The second kappa shape index (κ2) is 20.3. The van der Waals surface area contributed by atoms with Gasteiger partial charge in [-0.25, -0.2) is 4.98 Å². The lowest BCUT2D eigenvalue weighted by atomic mass is 10.0. The van der Waals surface area contributed by atoms with Crippen LogP contribution in [0.3, 0.4) is 0 Å². The number of anilines is 1. The van der Waals surface area contributed by atoms with Gasteiger partial charge in [0.15, 0.2) is 16.0 Å². The van der Waals surface area contributed by atoms with Crippen LogP contribution in [0.2, 0.25) is 0 Å². The average Bonchev–Trinajstić information content (AvgIpc) is 3.49. The number of aryl methyl sites for hydroxylation is 5. The van der Waals surface area contributed by atoms with Gasteiger partial charge in [-0.05, 0) is 82.9 Å². The number of benzene rings is 2. The SMILES string of the molecule is CC.CC.CC.CC.Cc1cc(=O)c2ccc(C)c(C)c2[nH]1.Cc1ccc2c(=O)cc(-c3csc(NC(C)C)n3)[nH]c2c1C. The normalized spacial score (nSPS) is 9.64. The zero-order valence-electron chi connectivity index (χ0n) is 29.8. The highest BCUT2D eigenvalue weighted by Gasteiger charge is 2.11. The quantitative estimate of drug-likeness (QED) is 0.187. The molecular formula is C37H56N4O2S. The van der Waals surface area contributed by atoms with E-state index in [1.807, 2.05) is 113 Å². The highest BCUT2D eigenvalue weighted by Crippen LogP contribution is 2.26. The fraction of sp³-hybridized carbons (Fsp3) is 0.432. The first-order valence-electron chi connectivity index (χ1n) is 16.0. The third kappa shape index (κ3) is 10.5. The van der Waals surface area contributed by atoms with Crippen LogP contribution in [-0.2, 0) is 0 Å². The molecule has 0 aliphatic carbocycles. The van der Waals surface area contributed by atoms with Crippen molar-refractivity contribution in [3.63, 3.8) is 0 Å². The van der Waals surface area contributed by atoms with E-state index in [9.17, 15) is 9.59 Å². The van der Waals surface area contributed by atoms with Gasteiger partial charge in [0.2, 0.25) is 0 Å². The van der Waals surface area contributed by atoms with Crippen molar-refractivity contribution >= 4 is 38.3 Å². The number of rotatable bonds is 3. The molecule has 2 aromatic carbocycles. The molecule has 0 aliphatic rings. The first-order chi connectivity index (χ1) is 21.0.